The van der Waals surface area contributed by atoms with Crippen LogP contribution in [0.3, 0.4) is 0 Å². The molecule has 0 spiro atoms. The number of hydrogen-bond donors (Lipinski definition) is 1. The summed E-state index contributed by atoms with van der Waals surface area (Å²) in [6.45, 7) is 1.67. The highest BCUT2D eigenvalue weighted by Crippen LogP contribution is 2.24. The van der Waals surface area contributed by atoms with E-state index in [1.807, 2.05) is 5.38 Å². The molecule has 0 saturated carbocycles. The Labute approximate surface area is 165 Å². The summed E-state index contributed by atoms with van der Waals surface area (Å²) in [6, 6.07) is 13.2. The van der Waals surface area contributed by atoms with Gasteiger partial charge in [0.2, 0.25) is 0 Å². The first kappa shape index (κ1) is 19.7. The Morgan fingerprint density at radius 2 is 1.79 bits per heavy atom. The Balaban J connectivity index is 1.82. The first-order valence-electron chi connectivity index (χ1n) is 8.55. The molecule has 1 heterocycles. The summed E-state index contributed by atoms with van der Waals surface area (Å²) in [7, 11) is 1.60. The van der Waals surface area contributed by atoms with Gasteiger partial charge in [-0.15, -0.1) is 11.3 Å². The molecule has 3 aromatic rings. The molecule has 3 rings (SSSR count). The Kier molecular flexibility index (Phi) is 5.84. The molecular weight excluding hydrogens is 382 g/mol. The van der Waals surface area contributed by atoms with Crippen LogP contribution in [0.5, 0.6) is 0 Å². The van der Waals surface area contributed by atoms with Crippen molar-refractivity contribution >= 4 is 28.8 Å². The molecular formula is C21H18F2N2O2S. The molecule has 7 heteroatoms. The minimum Gasteiger partial charge on any atom is -0.345 e. The van der Waals surface area contributed by atoms with Crippen molar-refractivity contribution in [3.63, 3.8) is 0 Å². The Bertz CT molecular complexity index is 1010. The lowest BCUT2D eigenvalue weighted by atomic mass is 10.1. The summed E-state index contributed by atoms with van der Waals surface area (Å²) < 4.78 is 26.6. The number of amides is 2. The van der Waals surface area contributed by atoms with Crippen LogP contribution in [0.2, 0.25) is 0 Å². The zero-order valence-corrected chi connectivity index (χ0v) is 16.1. The van der Waals surface area contributed by atoms with E-state index in [-0.39, 0.29) is 5.91 Å². The molecule has 144 valence electrons. The van der Waals surface area contributed by atoms with E-state index in [9.17, 15) is 18.4 Å². The third kappa shape index (κ3) is 4.09. The summed E-state index contributed by atoms with van der Waals surface area (Å²) in [4.78, 5) is 27.4. The second-order valence-electron chi connectivity index (χ2n) is 6.23. The highest BCUT2D eigenvalue weighted by molar-refractivity contribution is 7.12. The Morgan fingerprint density at radius 1 is 1.04 bits per heavy atom. The average molecular weight is 400 g/mol. The third-order valence-electron chi connectivity index (χ3n) is 4.34. The van der Waals surface area contributed by atoms with Gasteiger partial charge in [-0.1, -0.05) is 24.3 Å². The molecule has 2 amide bonds. The normalized spacial score (nSPS) is 11.7. The minimum absolute atomic E-state index is 0.219. The van der Waals surface area contributed by atoms with Crippen molar-refractivity contribution < 1.29 is 18.4 Å². The van der Waals surface area contributed by atoms with Gasteiger partial charge in [0.05, 0.1) is 22.2 Å². The lowest BCUT2D eigenvalue weighted by Crippen LogP contribution is -2.31. The van der Waals surface area contributed by atoms with Crippen LogP contribution in [-0.4, -0.2) is 18.9 Å². The number of thiophene rings is 1. The van der Waals surface area contributed by atoms with Gasteiger partial charge in [0, 0.05) is 7.05 Å². The number of rotatable bonds is 5. The number of carbonyl (C=O) groups excluding carboxylic acids is 2. The van der Waals surface area contributed by atoms with Crippen molar-refractivity contribution in [3.8, 4) is 0 Å². The van der Waals surface area contributed by atoms with Gasteiger partial charge in [0.1, 0.15) is 0 Å². The van der Waals surface area contributed by atoms with Gasteiger partial charge in [0.15, 0.2) is 11.6 Å². The fraction of sp³-hybridized carbons (Fsp3) is 0.143. The smallest absolute Gasteiger partial charge is 0.268 e. The molecule has 1 atom stereocenters. The van der Waals surface area contributed by atoms with E-state index in [1.165, 1.54) is 22.3 Å². The first-order chi connectivity index (χ1) is 13.4. The molecule has 1 N–H and O–H groups in total. The predicted octanol–water partition coefficient (Wildman–Crippen LogP) is 4.79. The molecule has 0 aliphatic heterocycles. The van der Waals surface area contributed by atoms with Gasteiger partial charge in [-0.05, 0) is 48.2 Å². The van der Waals surface area contributed by atoms with E-state index in [0.29, 0.717) is 21.7 Å². The average Bonchev–Trinajstić information content (AvgIpc) is 3.23. The maximum absolute atomic E-state index is 13.5. The first-order valence-corrected chi connectivity index (χ1v) is 9.43. The monoisotopic (exact) mass is 400 g/mol. The number of nitrogens with one attached hydrogen (secondary N) is 1. The SMILES string of the molecule is CC(NC(=O)c1ccccc1N(C)C(=O)c1cccs1)c1ccc(F)c(F)c1. The minimum atomic E-state index is -0.972. The molecule has 0 saturated heterocycles. The highest BCUT2D eigenvalue weighted by atomic mass is 32.1. The molecule has 4 nitrogen and oxygen atoms in total. The number of anilines is 1. The quantitative estimate of drug-likeness (QED) is 0.669. The van der Waals surface area contributed by atoms with Crippen LogP contribution in [0.4, 0.5) is 14.5 Å². The summed E-state index contributed by atoms with van der Waals surface area (Å²) in [5, 5.41) is 4.57. The molecule has 28 heavy (non-hydrogen) atoms. The summed E-state index contributed by atoms with van der Waals surface area (Å²) in [5.74, 6) is -2.55. The number of benzene rings is 2. The van der Waals surface area contributed by atoms with Crippen LogP contribution >= 0.6 is 11.3 Å². The van der Waals surface area contributed by atoms with E-state index >= 15 is 0 Å². The van der Waals surface area contributed by atoms with E-state index < -0.39 is 23.6 Å². The van der Waals surface area contributed by atoms with Crippen molar-refractivity contribution in [2.45, 2.75) is 13.0 Å². The van der Waals surface area contributed by atoms with Gasteiger partial charge in [-0.3, -0.25) is 9.59 Å². The van der Waals surface area contributed by atoms with Gasteiger partial charge < -0.3 is 10.2 Å². The van der Waals surface area contributed by atoms with E-state index in [0.717, 1.165) is 12.1 Å². The zero-order valence-electron chi connectivity index (χ0n) is 15.3. The number of para-hydroxylation sites is 1. The van der Waals surface area contributed by atoms with Gasteiger partial charge >= 0.3 is 0 Å². The maximum atomic E-state index is 13.5. The number of hydrogen-bond acceptors (Lipinski definition) is 3. The second kappa shape index (κ2) is 8.31. The van der Waals surface area contributed by atoms with Crippen LogP contribution in [0.1, 0.15) is 38.6 Å². The molecule has 0 radical (unpaired) electrons. The van der Waals surface area contributed by atoms with E-state index in [4.69, 9.17) is 0 Å². The van der Waals surface area contributed by atoms with Crippen LogP contribution in [0, 0.1) is 11.6 Å². The topological polar surface area (TPSA) is 49.4 Å². The Hall–Kier alpha value is -3.06. The van der Waals surface area contributed by atoms with Crippen molar-refractivity contribution in [1.82, 2.24) is 5.32 Å². The summed E-state index contributed by atoms with van der Waals surface area (Å²) >= 11 is 1.32. The fourth-order valence-corrected chi connectivity index (χ4v) is 3.47. The van der Waals surface area contributed by atoms with Crippen molar-refractivity contribution in [2.24, 2.45) is 0 Å². The van der Waals surface area contributed by atoms with Crippen molar-refractivity contribution in [1.29, 1.82) is 0 Å². The molecule has 2 aromatic carbocycles. The number of nitrogens with zero attached hydrogens (tertiary/aromatic N) is 1. The van der Waals surface area contributed by atoms with Gasteiger partial charge in [-0.2, -0.15) is 0 Å². The zero-order chi connectivity index (χ0) is 20.3. The summed E-state index contributed by atoms with van der Waals surface area (Å²) in [5.41, 5.74) is 1.20. The number of halogens is 2. The lowest BCUT2D eigenvalue weighted by Gasteiger charge is -2.21. The Morgan fingerprint density at radius 3 is 2.46 bits per heavy atom. The molecule has 1 unspecified atom stereocenters. The van der Waals surface area contributed by atoms with Gasteiger partial charge in [0.25, 0.3) is 11.8 Å². The standard InChI is InChI=1S/C21H18F2N2O2S/c1-13(14-9-10-16(22)17(23)12-14)24-20(26)15-6-3-4-7-18(15)25(2)21(27)19-8-5-11-28-19/h3-13H,1-2H3,(H,24,26). The van der Waals surface area contributed by atoms with Gasteiger partial charge in [-0.25, -0.2) is 8.78 Å². The predicted molar refractivity (Wildman–Crippen MR) is 106 cm³/mol. The second-order valence-corrected chi connectivity index (χ2v) is 7.18. The van der Waals surface area contributed by atoms with Crippen LogP contribution in [-0.2, 0) is 0 Å². The molecule has 0 aliphatic rings. The largest absolute Gasteiger partial charge is 0.345 e. The van der Waals surface area contributed by atoms with E-state index in [1.54, 1.807) is 50.4 Å². The van der Waals surface area contributed by atoms with Crippen molar-refractivity contribution in [3.05, 3.63) is 87.6 Å². The van der Waals surface area contributed by atoms with Crippen LogP contribution < -0.4 is 10.2 Å². The molecule has 0 fully saturated rings. The van der Waals surface area contributed by atoms with Crippen LogP contribution in [0.15, 0.2) is 60.0 Å². The fourth-order valence-electron chi connectivity index (χ4n) is 2.77. The third-order valence-corrected chi connectivity index (χ3v) is 5.20. The highest BCUT2D eigenvalue weighted by Gasteiger charge is 2.21. The number of carbonyl (C=O) groups is 2. The molecule has 1 aromatic heterocycles. The van der Waals surface area contributed by atoms with E-state index in [2.05, 4.69) is 5.32 Å². The van der Waals surface area contributed by atoms with Crippen molar-refractivity contribution in [2.75, 3.05) is 11.9 Å². The summed E-state index contributed by atoms with van der Waals surface area (Å²) in [6.07, 6.45) is 0. The lowest BCUT2D eigenvalue weighted by molar-refractivity contribution is 0.0940. The molecule has 0 bridgehead atoms. The maximum Gasteiger partial charge on any atom is 0.268 e. The van der Waals surface area contributed by atoms with Crippen LogP contribution in [0.25, 0.3) is 0 Å². The molecule has 0 aliphatic carbocycles.